The predicted octanol–water partition coefficient (Wildman–Crippen LogP) is 3.87. The number of allylic oxidation sites excluding steroid dienone is 1. The molecule has 1 aromatic rings. The summed E-state index contributed by atoms with van der Waals surface area (Å²) in [6, 6.07) is 7.93. The van der Waals surface area contributed by atoms with E-state index in [1.54, 1.807) is 7.11 Å². The maximum Gasteiger partial charge on any atom is 0.118 e. The zero-order valence-electron chi connectivity index (χ0n) is 10.7. The van der Waals surface area contributed by atoms with E-state index in [9.17, 15) is 0 Å². The van der Waals surface area contributed by atoms with Gasteiger partial charge >= 0.3 is 0 Å². The van der Waals surface area contributed by atoms with Gasteiger partial charge in [-0.25, -0.2) is 0 Å². The van der Waals surface area contributed by atoms with Gasteiger partial charge in [0.05, 0.1) is 12.8 Å². The van der Waals surface area contributed by atoms with Crippen LogP contribution < -0.4 is 4.74 Å². The summed E-state index contributed by atoms with van der Waals surface area (Å²) in [6.07, 6.45) is 7.46. The lowest BCUT2D eigenvalue weighted by Crippen LogP contribution is -2.00. The van der Waals surface area contributed by atoms with Crippen molar-refractivity contribution in [1.29, 1.82) is 0 Å². The summed E-state index contributed by atoms with van der Waals surface area (Å²) < 4.78 is 5.14. The minimum absolute atomic E-state index is 0.836. The van der Waals surface area contributed by atoms with Gasteiger partial charge in [0.15, 0.2) is 0 Å². The van der Waals surface area contributed by atoms with Crippen molar-refractivity contribution >= 4 is 11.8 Å². The van der Waals surface area contributed by atoms with Crippen molar-refractivity contribution in [3.8, 4) is 5.75 Å². The van der Waals surface area contributed by atoms with E-state index in [0.717, 1.165) is 41.9 Å². The van der Waals surface area contributed by atoms with Gasteiger partial charge in [0, 0.05) is 0 Å². The van der Waals surface area contributed by atoms with Crippen LogP contribution >= 0.6 is 0 Å². The van der Waals surface area contributed by atoms with Gasteiger partial charge in [0.1, 0.15) is 5.75 Å². The molecule has 1 N–H and O–H groups in total. The highest BCUT2D eigenvalue weighted by Crippen LogP contribution is 2.23. The van der Waals surface area contributed by atoms with Gasteiger partial charge in [0.2, 0.25) is 0 Å². The maximum absolute atomic E-state index is 9.07. The topological polar surface area (TPSA) is 41.8 Å². The molecule has 1 fully saturated rings. The van der Waals surface area contributed by atoms with E-state index in [0.29, 0.717) is 0 Å². The molecule has 0 heterocycles. The van der Waals surface area contributed by atoms with Gasteiger partial charge in [-0.05, 0) is 55.0 Å². The third-order valence-corrected chi connectivity index (χ3v) is 3.31. The summed E-state index contributed by atoms with van der Waals surface area (Å²) in [5.74, 6) is 0.856. The molecular formula is C15H19NO2. The Hall–Kier alpha value is -1.77. The molecule has 3 heteroatoms. The lowest BCUT2D eigenvalue weighted by Gasteiger charge is -2.05. The van der Waals surface area contributed by atoms with E-state index in [1.165, 1.54) is 12.8 Å². The molecule has 0 saturated heterocycles. The van der Waals surface area contributed by atoms with Gasteiger partial charge < -0.3 is 9.94 Å². The lowest BCUT2D eigenvalue weighted by molar-refractivity contribution is 0.318. The standard InChI is InChI=1S/C15H19NO2/c1-18-14-9-7-12(8-10-14)11-13-5-3-2-4-6-15(13)16-17/h7-11,17H,2-6H2,1H3/b13-11+,16-15+. The minimum atomic E-state index is 0.836. The Morgan fingerprint density at radius 3 is 2.50 bits per heavy atom. The average molecular weight is 245 g/mol. The fourth-order valence-corrected chi connectivity index (χ4v) is 2.26. The smallest absolute Gasteiger partial charge is 0.118 e. The SMILES string of the molecule is COc1ccc(/C=C2\CCCCC\C2=N/O)cc1. The van der Waals surface area contributed by atoms with Crippen molar-refractivity contribution in [3.05, 3.63) is 35.4 Å². The van der Waals surface area contributed by atoms with Crippen molar-refractivity contribution in [3.63, 3.8) is 0 Å². The Bertz CT molecular complexity index is 446. The highest BCUT2D eigenvalue weighted by atomic mass is 16.5. The van der Waals surface area contributed by atoms with Crippen molar-refractivity contribution in [2.24, 2.45) is 5.16 Å². The third-order valence-electron chi connectivity index (χ3n) is 3.31. The molecule has 0 atom stereocenters. The van der Waals surface area contributed by atoms with Gasteiger partial charge in [-0.15, -0.1) is 0 Å². The van der Waals surface area contributed by atoms with Gasteiger partial charge in [-0.1, -0.05) is 23.7 Å². The molecule has 0 spiro atoms. The second-order valence-electron chi connectivity index (χ2n) is 4.55. The first-order valence-electron chi connectivity index (χ1n) is 6.39. The molecular weight excluding hydrogens is 226 g/mol. The molecule has 1 aliphatic rings. The quantitative estimate of drug-likeness (QED) is 0.488. The largest absolute Gasteiger partial charge is 0.497 e. The molecule has 0 amide bonds. The highest BCUT2D eigenvalue weighted by molar-refractivity contribution is 6.03. The summed E-state index contributed by atoms with van der Waals surface area (Å²) >= 11 is 0. The molecule has 0 bridgehead atoms. The lowest BCUT2D eigenvalue weighted by atomic mass is 10.0. The van der Waals surface area contributed by atoms with Crippen LogP contribution in [0, 0.1) is 0 Å². The number of ether oxygens (including phenoxy) is 1. The van der Waals surface area contributed by atoms with E-state index >= 15 is 0 Å². The molecule has 1 aromatic carbocycles. The van der Waals surface area contributed by atoms with Crippen LogP contribution in [0.5, 0.6) is 5.75 Å². The second-order valence-corrected chi connectivity index (χ2v) is 4.55. The number of benzene rings is 1. The first kappa shape index (κ1) is 12.7. The van der Waals surface area contributed by atoms with Crippen molar-refractivity contribution in [2.45, 2.75) is 32.1 Å². The number of hydrogen-bond acceptors (Lipinski definition) is 3. The molecule has 0 unspecified atom stereocenters. The minimum Gasteiger partial charge on any atom is -0.497 e. The van der Waals surface area contributed by atoms with Crippen LogP contribution in [0.15, 0.2) is 35.0 Å². The second kappa shape index (κ2) is 6.24. The Morgan fingerprint density at radius 1 is 1.11 bits per heavy atom. The zero-order valence-corrected chi connectivity index (χ0v) is 10.7. The summed E-state index contributed by atoms with van der Waals surface area (Å²) in [5, 5.41) is 12.5. The Kier molecular flexibility index (Phi) is 4.40. The van der Waals surface area contributed by atoms with Crippen molar-refractivity contribution < 1.29 is 9.94 Å². The Labute approximate surface area is 108 Å². The number of nitrogens with zero attached hydrogens (tertiary/aromatic N) is 1. The van der Waals surface area contributed by atoms with Crippen LogP contribution in [0.2, 0.25) is 0 Å². The first-order chi connectivity index (χ1) is 8.83. The van der Waals surface area contributed by atoms with E-state index in [2.05, 4.69) is 11.2 Å². The summed E-state index contributed by atoms with van der Waals surface area (Å²) in [4.78, 5) is 0. The van der Waals surface area contributed by atoms with Crippen LogP contribution in [0.25, 0.3) is 6.08 Å². The van der Waals surface area contributed by atoms with Gasteiger partial charge in [-0.2, -0.15) is 0 Å². The van der Waals surface area contributed by atoms with E-state index in [-0.39, 0.29) is 0 Å². The molecule has 0 aromatic heterocycles. The maximum atomic E-state index is 9.07. The van der Waals surface area contributed by atoms with Crippen LogP contribution in [0.1, 0.15) is 37.7 Å². The van der Waals surface area contributed by atoms with E-state index < -0.39 is 0 Å². The molecule has 1 aliphatic carbocycles. The molecule has 0 radical (unpaired) electrons. The van der Waals surface area contributed by atoms with Crippen LogP contribution in [-0.4, -0.2) is 18.0 Å². The van der Waals surface area contributed by atoms with Gasteiger partial charge in [-0.3, -0.25) is 0 Å². The van der Waals surface area contributed by atoms with Crippen LogP contribution in [0.3, 0.4) is 0 Å². The fraction of sp³-hybridized carbons (Fsp3) is 0.400. The molecule has 96 valence electrons. The zero-order chi connectivity index (χ0) is 12.8. The number of rotatable bonds is 2. The number of methoxy groups -OCH3 is 1. The Balaban J connectivity index is 2.23. The average Bonchev–Trinajstić information content (AvgIpc) is 2.64. The number of oxime groups is 1. The van der Waals surface area contributed by atoms with E-state index in [1.807, 2.05) is 24.3 Å². The molecule has 1 saturated carbocycles. The molecule has 0 aliphatic heterocycles. The summed E-state index contributed by atoms with van der Waals surface area (Å²) in [5.41, 5.74) is 3.11. The summed E-state index contributed by atoms with van der Waals surface area (Å²) in [7, 11) is 1.66. The van der Waals surface area contributed by atoms with Crippen LogP contribution in [-0.2, 0) is 0 Å². The normalized spacial score (nSPS) is 20.9. The van der Waals surface area contributed by atoms with Gasteiger partial charge in [0.25, 0.3) is 0 Å². The molecule has 3 nitrogen and oxygen atoms in total. The number of hydrogen-bond donors (Lipinski definition) is 1. The highest BCUT2D eigenvalue weighted by Gasteiger charge is 2.12. The van der Waals surface area contributed by atoms with Crippen LogP contribution in [0.4, 0.5) is 0 Å². The monoisotopic (exact) mass is 245 g/mol. The van der Waals surface area contributed by atoms with Crippen molar-refractivity contribution in [2.75, 3.05) is 7.11 Å². The fourth-order valence-electron chi connectivity index (χ4n) is 2.26. The van der Waals surface area contributed by atoms with Crippen molar-refractivity contribution in [1.82, 2.24) is 0 Å². The predicted molar refractivity (Wildman–Crippen MR) is 73.3 cm³/mol. The Morgan fingerprint density at radius 2 is 1.83 bits per heavy atom. The first-order valence-corrected chi connectivity index (χ1v) is 6.39. The van der Waals surface area contributed by atoms with E-state index in [4.69, 9.17) is 9.94 Å². The third kappa shape index (κ3) is 3.13. The summed E-state index contributed by atoms with van der Waals surface area (Å²) in [6.45, 7) is 0. The molecule has 2 rings (SSSR count). The molecule has 18 heavy (non-hydrogen) atoms.